The summed E-state index contributed by atoms with van der Waals surface area (Å²) in [5, 5.41) is 3.20. The third-order valence-corrected chi connectivity index (χ3v) is 6.22. The largest absolute Gasteiger partial charge is 0.493 e. The standard InChI is InChI=1S/C27H30N4O4/c1-34-23-14-13-19(17-24(23)35-2)25(26(32)30-20-9-5-3-6-10-20)31(21-11-7-4-8-12-21)27(33)22-18-28-15-16-29-22/h4,7-8,11-18,20,25H,3,5-6,9-10H2,1-2H3,(H,30,32). The van der Waals surface area contributed by atoms with E-state index in [4.69, 9.17) is 9.47 Å². The Morgan fingerprint density at radius 2 is 1.71 bits per heavy atom. The maximum Gasteiger partial charge on any atom is 0.279 e. The van der Waals surface area contributed by atoms with Crippen LogP contribution in [-0.4, -0.2) is 42.0 Å². The van der Waals surface area contributed by atoms with Crippen molar-refractivity contribution in [3.63, 3.8) is 0 Å². The van der Waals surface area contributed by atoms with E-state index in [9.17, 15) is 9.59 Å². The summed E-state index contributed by atoms with van der Waals surface area (Å²) >= 11 is 0. The van der Waals surface area contributed by atoms with Gasteiger partial charge in [0.05, 0.1) is 20.4 Å². The number of aromatic nitrogens is 2. The molecule has 1 saturated carbocycles. The minimum Gasteiger partial charge on any atom is -0.493 e. The Balaban J connectivity index is 1.82. The Morgan fingerprint density at radius 1 is 0.971 bits per heavy atom. The Labute approximate surface area is 205 Å². The second-order valence-corrected chi connectivity index (χ2v) is 8.46. The van der Waals surface area contributed by atoms with Crippen LogP contribution in [0.2, 0.25) is 0 Å². The predicted octanol–water partition coefficient (Wildman–Crippen LogP) is 4.33. The molecule has 1 heterocycles. The lowest BCUT2D eigenvalue weighted by Gasteiger charge is -2.33. The zero-order valence-electron chi connectivity index (χ0n) is 20.0. The van der Waals surface area contributed by atoms with Crippen LogP contribution in [0.15, 0.2) is 67.1 Å². The summed E-state index contributed by atoms with van der Waals surface area (Å²) in [6.45, 7) is 0. The molecular weight excluding hydrogens is 444 g/mol. The van der Waals surface area contributed by atoms with Crippen molar-refractivity contribution in [3.8, 4) is 11.5 Å². The van der Waals surface area contributed by atoms with Gasteiger partial charge in [0.1, 0.15) is 11.7 Å². The summed E-state index contributed by atoms with van der Waals surface area (Å²) in [6, 6.07) is 13.5. The highest BCUT2D eigenvalue weighted by Crippen LogP contribution is 2.35. The number of carbonyl (C=O) groups is 2. The zero-order chi connectivity index (χ0) is 24.6. The number of carbonyl (C=O) groups excluding carboxylic acids is 2. The van der Waals surface area contributed by atoms with Gasteiger partial charge in [0.2, 0.25) is 5.91 Å². The minimum atomic E-state index is -0.964. The maximum atomic E-state index is 13.9. The number of benzene rings is 2. The fourth-order valence-electron chi connectivity index (χ4n) is 4.47. The van der Waals surface area contributed by atoms with Crippen molar-refractivity contribution in [1.29, 1.82) is 0 Å². The van der Waals surface area contributed by atoms with Crippen LogP contribution in [0.1, 0.15) is 54.2 Å². The van der Waals surface area contributed by atoms with Gasteiger partial charge in [-0.25, -0.2) is 4.98 Å². The summed E-state index contributed by atoms with van der Waals surface area (Å²) in [5.74, 6) is 0.322. The van der Waals surface area contributed by atoms with Crippen molar-refractivity contribution < 1.29 is 19.1 Å². The number of rotatable bonds is 8. The number of nitrogens with one attached hydrogen (secondary N) is 1. The molecule has 8 heteroatoms. The highest BCUT2D eigenvalue weighted by atomic mass is 16.5. The number of hydrogen-bond acceptors (Lipinski definition) is 6. The van der Waals surface area contributed by atoms with Crippen molar-refractivity contribution in [2.75, 3.05) is 19.1 Å². The minimum absolute atomic E-state index is 0.0723. The fourth-order valence-corrected chi connectivity index (χ4v) is 4.47. The van der Waals surface area contributed by atoms with Gasteiger partial charge >= 0.3 is 0 Å². The monoisotopic (exact) mass is 474 g/mol. The number of amides is 2. The molecule has 1 aliphatic rings. The van der Waals surface area contributed by atoms with Gasteiger partial charge in [-0.1, -0.05) is 43.5 Å². The average molecular weight is 475 g/mol. The van der Waals surface area contributed by atoms with Gasteiger partial charge in [0.25, 0.3) is 5.91 Å². The topological polar surface area (TPSA) is 93.7 Å². The van der Waals surface area contributed by atoms with Crippen LogP contribution in [0.4, 0.5) is 5.69 Å². The smallest absolute Gasteiger partial charge is 0.279 e. The van der Waals surface area contributed by atoms with Crippen LogP contribution in [-0.2, 0) is 4.79 Å². The summed E-state index contributed by atoms with van der Waals surface area (Å²) < 4.78 is 10.9. The molecule has 182 valence electrons. The maximum absolute atomic E-state index is 13.9. The third kappa shape index (κ3) is 5.59. The molecular formula is C27H30N4O4. The Morgan fingerprint density at radius 3 is 2.37 bits per heavy atom. The van der Waals surface area contributed by atoms with Crippen LogP contribution in [0.25, 0.3) is 0 Å². The molecule has 0 saturated heterocycles. The second-order valence-electron chi connectivity index (χ2n) is 8.46. The van der Waals surface area contributed by atoms with E-state index in [0.717, 1.165) is 25.7 Å². The van der Waals surface area contributed by atoms with Crippen molar-refractivity contribution in [1.82, 2.24) is 15.3 Å². The van der Waals surface area contributed by atoms with Gasteiger partial charge in [-0.05, 0) is 42.7 Å². The van der Waals surface area contributed by atoms with E-state index in [-0.39, 0.29) is 17.6 Å². The molecule has 1 aliphatic carbocycles. The van der Waals surface area contributed by atoms with Crippen LogP contribution < -0.4 is 19.7 Å². The molecule has 35 heavy (non-hydrogen) atoms. The Kier molecular flexibility index (Phi) is 7.92. The lowest BCUT2D eigenvalue weighted by Crippen LogP contribution is -2.47. The van der Waals surface area contributed by atoms with Gasteiger partial charge in [0, 0.05) is 24.1 Å². The van der Waals surface area contributed by atoms with E-state index >= 15 is 0 Å². The first kappa shape index (κ1) is 24.2. The summed E-state index contributed by atoms with van der Waals surface area (Å²) in [7, 11) is 3.09. The van der Waals surface area contributed by atoms with E-state index in [1.54, 1.807) is 44.6 Å². The number of nitrogens with zero attached hydrogens (tertiary/aromatic N) is 3. The number of anilines is 1. The molecule has 0 aliphatic heterocycles. The van der Waals surface area contributed by atoms with E-state index < -0.39 is 11.9 Å². The van der Waals surface area contributed by atoms with Gasteiger partial charge < -0.3 is 14.8 Å². The van der Waals surface area contributed by atoms with E-state index in [0.29, 0.717) is 22.7 Å². The molecule has 2 amide bonds. The first-order valence-corrected chi connectivity index (χ1v) is 11.8. The lowest BCUT2D eigenvalue weighted by molar-refractivity contribution is -0.123. The Bertz CT molecular complexity index is 1130. The molecule has 2 aromatic carbocycles. The second kappa shape index (κ2) is 11.5. The SMILES string of the molecule is COc1ccc(C(C(=O)NC2CCCCC2)N(C(=O)c2cnccn2)c2ccccc2)cc1OC. The van der Waals surface area contributed by atoms with Crippen molar-refractivity contribution in [2.24, 2.45) is 0 Å². The first-order valence-electron chi connectivity index (χ1n) is 11.8. The number of para-hydroxylation sites is 1. The molecule has 3 aromatic rings. The molecule has 1 atom stereocenters. The van der Waals surface area contributed by atoms with Crippen LogP contribution in [0.3, 0.4) is 0 Å². The van der Waals surface area contributed by atoms with Crippen LogP contribution in [0.5, 0.6) is 11.5 Å². The average Bonchev–Trinajstić information content (AvgIpc) is 2.92. The van der Waals surface area contributed by atoms with Crippen molar-refractivity contribution in [3.05, 3.63) is 78.4 Å². The molecule has 1 fully saturated rings. The number of ether oxygens (including phenoxy) is 2. The molecule has 0 radical (unpaired) electrons. The van der Waals surface area contributed by atoms with Gasteiger partial charge in [-0.15, -0.1) is 0 Å². The highest BCUT2D eigenvalue weighted by Gasteiger charge is 2.35. The van der Waals surface area contributed by atoms with Gasteiger partial charge in [-0.2, -0.15) is 0 Å². The molecule has 4 rings (SSSR count). The first-order chi connectivity index (χ1) is 17.1. The van der Waals surface area contributed by atoms with Crippen LogP contribution >= 0.6 is 0 Å². The molecule has 8 nitrogen and oxygen atoms in total. The highest BCUT2D eigenvalue weighted by molar-refractivity contribution is 6.09. The molecule has 0 bridgehead atoms. The number of hydrogen-bond donors (Lipinski definition) is 1. The van der Waals surface area contributed by atoms with Crippen LogP contribution in [0, 0.1) is 0 Å². The third-order valence-electron chi connectivity index (χ3n) is 6.22. The summed E-state index contributed by atoms with van der Waals surface area (Å²) in [5.41, 5.74) is 1.31. The molecule has 1 unspecified atom stereocenters. The molecule has 0 spiro atoms. The molecule has 1 N–H and O–H groups in total. The lowest BCUT2D eigenvalue weighted by atomic mass is 9.94. The quantitative estimate of drug-likeness (QED) is 0.522. The normalized spacial score (nSPS) is 14.6. The van der Waals surface area contributed by atoms with Crippen molar-refractivity contribution >= 4 is 17.5 Å². The Hall–Kier alpha value is -3.94. The van der Waals surface area contributed by atoms with E-state index in [2.05, 4.69) is 15.3 Å². The number of methoxy groups -OCH3 is 2. The van der Waals surface area contributed by atoms with Gasteiger partial charge in [-0.3, -0.25) is 19.5 Å². The summed E-state index contributed by atoms with van der Waals surface area (Å²) in [4.78, 5) is 37.5. The summed E-state index contributed by atoms with van der Waals surface area (Å²) in [6.07, 6.45) is 9.55. The van der Waals surface area contributed by atoms with Gasteiger partial charge in [0.15, 0.2) is 11.5 Å². The fraction of sp³-hybridized carbons (Fsp3) is 0.333. The zero-order valence-corrected chi connectivity index (χ0v) is 20.0. The predicted molar refractivity (Wildman–Crippen MR) is 133 cm³/mol. The van der Waals surface area contributed by atoms with Crippen molar-refractivity contribution in [2.45, 2.75) is 44.2 Å². The molecule has 1 aromatic heterocycles. The van der Waals surface area contributed by atoms with E-state index in [1.165, 1.54) is 29.9 Å². The van der Waals surface area contributed by atoms with E-state index in [1.807, 2.05) is 18.2 Å².